The molecule has 0 radical (unpaired) electrons. The van der Waals surface area contributed by atoms with E-state index in [2.05, 4.69) is 167 Å². The Hall–Kier alpha value is -4.71. The van der Waals surface area contributed by atoms with E-state index in [1.165, 1.54) is 64.2 Å². The second-order valence-corrected chi connectivity index (χ2v) is 19.9. The summed E-state index contributed by atoms with van der Waals surface area (Å²) in [6.45, 7) is 6.38. The largest absolute Gasteiger partial charge is 0.462 e. The molecule has 6 heteroatoms. The van der Waals surface area contributed by atoms with Gasteiger partial charge in [0.1, 0.15) is 13.2 Å². The molecule has 0 aromatic heterocycles. The number of hydrogen-bond donors (Lipinski definition) is 0. The van der Waals surface area contributed by atoms with E-state index in [4.69, 9.17) is 14.2 Å². The smallest absolute Gasteiger partial charge is 0.306 e. The van der Waals surface area contributed by atoms with Crippen molar-refractivity contribution in [2.75, 3.05) is 13.2 Å². The lowest BCUT2D eigenvalue weighted by Gasteiger charge is -2.18. The first kappa shape index (κ1) is 71.3. The van der Waals surface area contributed by atoms with Crippen LogP contribution in [0, 0.1) is 0 Å². The van der Waals surface area contributed by atoms with Gasteiger partial charge >= 0.3 is 17.9 Å². The molecule has 0 aliphatic carbocycles. The third kappa shape index (κ3) is 60.2. The normalized spacial score (nSPS) is 13.1. The zero-order valence-corrected chi connectivity index (χ0v) is 49.0. The number of unbranched alkanes of at least 4 members (excludes halogenated alkanes) is 19. The summed E-state index contributed by atoms with van der Waals surface area (Å²) < 4.78 is 16.8. The van der Waals surface area contributed by atoms with Gasteiger partial charge in [-0.25, -0.2) is 0 Å². The zero-order valence-electron chi connectivity index (χ0n) is 49.0. The van der Waals surface area contributed by atoms with Crippen molar-refractivity contribution < 1.29 is 28.6 Å². The Morgan fingerprint density at radius 2 is 0.539 bits per heavy atom. The lowest BCUT2D eigenvalue weighted by molar-refractivity contribution is -0.167. The lowest BCUT2D eigenvalue weighted by atomic mass is 10.1. The Morgan fingerprint density at radius 3 is 0.882 bits per heavy atom. The molecule has 0 aliphatic rings. The number of ether oxygens (including phenoxy) is 3. The Balaban J connectivity index is 4.47. The fraction of sp³-hybridized carbons (Fsp3) is 0.614. The highest BCUT2D eigenvalue weighted by Gasteiger charge is 2.19. The summed E-state index contributed by atoms with van der Waals surface area (Å²) in [5.41, 5.74) is 0. The molecule has 0 aromatic carbocycles. The quantitative estimate of drug-likeness (QED) is 0.0261. The zero-order chi connectivity index (χ0) is 55.0. The highest BCUT2D eigenvalue weighted by molar-refractivity contribution is 5.71. The first-order valence-electron chi connectivity index (χ1n) is 30.8. The van der Waals surface area contributed by atoms with Gasteiger partial charge in [-0.15, -0.1) is 0 Å². The molecule has 0 saturated carbocycles. The van der Waals surface area contributed by atoms with Crippen LogP contribution in [-0.2, 0) is 28.6 Å². The van der Waals surface area contributed by atoms with Crippen LogP contribution in [0.1, 0.15) is 258 Å². The van der Waals surface area contributed by atoms with Crippen LogP contribution >= 0.6 is 0 Å². The van der Waals surface area contributed by atoms with Crippen molar-refractivity contribution in [2.24, 2.45) is 0 Å². The van der Waals surface area contributed by atoms with Crippen LogP contribution in [0.15, 0.2) is 146 Å². The second kappa shape index (κ2) is 62.8. The molecular formula is C70H112O6. The molecule has 0 spiro atoms. The molecule has 0 aliphatic heterocycles. The first-order valence-corrected chi connectivity index (χ1v) is 30.8. The summed E-state index contributed by atoms with van der Waals surface area (Å²) in [6.07, 6.45) is 89.9. The van der Waals surface area contributed by atoms with Crippen molar-refractivity contribution in [3.63, 3.8) is 0 Å². The van der Waals surface area contributed by atoms with Crippen LogP contribution in [-0.4, -0.2) is 37.2 Å². The van der Waals surface area contributed by atoms with Gasteiger partial charge in [0.25, 0.3) is 0 Å². The van der Waals surface area contributed by atoms with Crippen molar-refractivity contribution in [1.29, 1.82) is 0 Å². The summed E-state index contributed by atoms with van der Waals surface area (Å²) in [4.78, 5) is 38.2. The minimum atomic E-state index is -0.813. The molecule has 76 heavy (non-hydrogen) atoms. The predicted octanol–water partition coefficient (Wildman–Crippen LogP) is 21.2. The van der Waals surface area contributed by atoms with Crippen molar-refractivity contribution in [2.45, 2.75) is 264 Å². The topological polar surface area (TPSA) is 78.9 Å². The van der Waals surface area contributed by atoms with Crippen molar-refractivity contribution in [1.82, 2.24) is 0 Å². The van der Waals surface area contributed by atoms with Crippen molar-refractivity contribution >= 4 is 17.9 Å². The molecule has 0 heterocycles. The van der Waals surface area contributed by atoms with Crippen LogP contribution in [0.5, 0.6) is 0 Å². The summed E-state index contributed by atoms with van der Waals surface area (Å²) >= 11 is 0. The molecule has 0 N–H and O–H groups in total. The third-order valence-electron chi connectivity index (χ3n) is 12.5. The average molecular weight is 1050 g/mol. The van der Waals surface area contributed by atoms with E-state index in [0.29, 0.717) is 25.7 Å². The molecule has 428 valence electrons. The van der Waals surface area contributed by atoms with Gasteiger partial charge in [0.2, 0.25) is 0 Å². The van der Waals surface area contributed by atoms with Gasteiger partial charge in [-0.05, 0) is 141 Å². The van der Waals surface area contributed by atoms with Crippen LogP contribution in [0.2, 0.25) is 0 Å². The molecule has 1 atom stereocenters. The Kier molecular flexibility index (Phi) is 58.9. The van der Waals surface area contributed by atoms with E-state index < -0.39 is 6.10 Å². The maximum Gasteiger partial charge on any atom is 0.306 e. The monoisotopic (exact) mass is 1050 g/mol. The van der Waals surface area contributed by atoms with Crippen LogP contribution in [0.4, 0.5) is 0 Å². The maximum atomic E-state index is 12.9. The minimum Gasteiger partial charge on any atom is -0.462 e. The molecule has 1 unspecified atom stereocenters. The van der Waals surface area contributed by atoms with Crippen LogP contribution in [0.25, 0.3) is 0 Å². The molecule has 0 fully saturated rings. The van der Waals surface area contributed by atoms with Gasteiger partial charge in [0, 0.05) is 19.3 Å². The standard InChI is InChI=1S/C70H112O6/c1-4-7-10-13-16-19-22-25-27-29-31-32-33-34-35-36-37-38-39-41-42-45-48-51-54-57-60-63-69(72)75-66-67(65-74-68(71)62-59-56-53-50-47-44-24-21-18-15-12-9-6-3)76-70(73)64-61-58-55-52-49-46-43-40-30-28-26-23-20-17-14-11-8-5-2/h7,10,12,15-16,19-21,23-25,27-28,30-32,34-35,37-38,41-42,48,51,67H,4-6,8-9,11,13-14,17-18,22,26,29,33,36,39-40,43-47,49-50,52-66H2,1-3H3/b10-7-,15-12-,19-16-,23-20-,24-21-,27-25-,30-28-,32-31-,35-34-,38-37-,42-41-,51-48-. The van der Waals surface area contributed by atoms with E-state index in [1.807, 2.05) is 0 Å². The molecule has 0 saturated heterocycles. The number of allylic oxidation sites excluding steroid dienone is 24. The molecule has 0 aromatic rings. The van der Waals surface area contributed by atoms with Gasteiger partial charge in [-0.3, -0.25) is 14.4 Å². The van der Waals surface area contributed by atoms with Gasteiger partial charge in [0.15, 0.2) is 6.10 Å². The third-order valence-corrected chi connectivity index (χ3v) is 12.5. The van der Waals surface area contributed by atoms with E-state index in [1.54, 1.807) is 0 Å². The number of carbonyl (C=O) groups excluding carboxylic acids is 3. The fourth-order valence-electron chi connectivity index (χ4n) is 7.94. The van der Waals surface area contributed by atoms with Gasteiger partial charge in [-0.2, -0.15) is 0 Å². The fourth-order valence-corrected chi connectivity index (χ4v) is 7.94. The second-order valence-electron chi connectivity index (χ2n) is 19.9. The summed E-state index contributed by atoms with van der Waals surface area (Å²) in [7, 11) is 0. The molecule has 0 amide bonds. The van der Waals surface area contributed by atoms with Crippen molar-refractivity contribution in [3.05, 3.63) is 146 Å². The minimum absolute atomic E-state index is 0.108. The number of esters is 3. The summed E-state index contributed by atoms with van der Waals surface area (Å²) in [6, 6.07) is 0. The van der Waals surface area contributed by atoms with E-state index in [-0.39, 0.29) is 31.1 Å². The number of rotatable bonds is 54. The maximum absolute atomic E-state index is 12.9. The lowest BCUT2D eigenvalue weighted by Crippen LogP contribution is -2.30. The molecular weight excluding hydrogens is 937 g/mol. The van der Waals surface area contributed by atoms with Crippen LogP contribution < -0.4 is 0 Å². The summed E-state index contributed by atoms with van der Waals surface area (Å²) in [5, 5.41) is 0. The Morgan fingerprint density at radius 1 is 0.276 bits per heavy atom. The summed E-state index contributed by atoms with van der Waals surface area (Å²) in [5.74, 6) is -0.977. The number of hydrogen-bond acceptors (Lipinski definition) is 6. The highest BCUT2D eigenvalue weighted by Crippen LogP contribution is 2.14. The van der Waals surface area contributed by atoms with E-state index in [9.17, 15) is 14.4 Å². The van der Waals surface area contributed by atoms with Crippen LogP contribution in [0.3, 0.4) is 0 Å². The average Bonchev–Trinajstić information content (AvgIpc) is 3.42. The van der Waals surface area contributed by atoms with Gasteiger partial charge in [-0.1, -0.05) is 244 Å². The van der Waals surface area contributed by atoms with Gasteiger partial charge < -0.3 is 14.2 Å². The van der Waals surface area contributed by atoms with Gasteiger partial charge in [0.05, 0.1) is 0 Å². The predicted molar refractivity (Wildman–Crippen MR) is 329 cm³/mol. The molecule has 0 rings (SSSR count). The van der Waals surface area contributed by atoms with Crippen molar-refractivity contribution in [3.8, 4) is 0 Å². The molecule has 6 nitrogen and oxygen atoms in total. The number of carbonyl (C=O) groups is 3. The van der Waals surface area contributed by atoms with E-state index in [0.717, 1.165) is 148 Å². The highest BCUT2D eigenvalue weighted by atomic mass is 16.6. The van der Waals surface area contributed by atoms with E-state index >= 15 is 0 Å². The Labute approximate surface area is 467 Å². The Bertz CT molecular complexity index is 1680. The molecule has 0 bridgehead atoms. The first-order chi connectivity index (χ1) is 37.5. The SMILES string of the molecule is CC/C=C\C/C=C\C/C=C\C/C=C\C/C=C\C/C=C\C/C=C\C/C=C\CCCCC(=O)OCC(COC(=O)CCCCCCC/C=C\C/C=C\CCC)OC(=O)CCCCCCCCC/C=C\C/C=C\CCCCCC.